The molecule has 2 heterocycles. The van der Waals surface area contributed by atoms with Crippen LogP contribution in [0.15, 0.2) is 36.7 Å². The number of hydrogen-bond acceptors (Lipinski definition) is 4. The van der Waals surface area contributed by atoms with E-state index in [9.17, 15) is 4.79 Å². The minimum atomic E-state index is -0.0372. The average molecular weight is 383 g/mol. The van der Waals surface area contributed by atoms with Gasteiger partial charge in [-0.05, 0) is 75.8 Å². The molecule has 0 spiro atoms. The van der Waals surface area contributed by atoms with Crippen LogP contribution in [-0.2, 0) is 11.3 Å². The summed E-state index contributed by atoms with van der Waals surface area (Å²) >= 11 is 0. The Labute approximate surface area is 167 Å². The summed E-state index contributed by atoms with van der Waals surface area (Å²) in [5, 5.41) is 3.11. The quantitative estimate of drug-likeness (QED) is 0.737. The van der Waals surface area contributed by atoms with Crippen molar-refractivity contribution >= 4 is 5.91 Å². The Morgan fingerprint density at radius 2 is 2.14 bits per heavy atom. The molecule has 0 aliphatic carbocycles. The van der Waals surface area contributed by atoms with E-state index in [1.54, 1.807) is 12.4 Å². The fourth-order valence-electron chi connectivity index (χ4n) is 3.64. The lowest BCUT2D eigenvalue weighted by Crippen LogP contribution is -2.33. The summed E-state index contributed by atoms with van der Waals surface area (Å²) in [6.45, 7) is 7.34. The minimum Gasteiger partial charge on any atom is -0.488 e. The normalized spacial score (nSPS) is 17.3. The summed E-state index contributed by atoms with van der Waals surface area (Å²) < 4.78 is 11.6. The maximum Gasteiger partial charge on any atom is 0.251 e. The SMILES string of the molecule is Cc1cc(C(=O)NC(C)CCC2CCCO2)cc(C)c1OCc1cccnc1. The summed E-state index contributed by atoms with van der Waals surface area (Å²) in [5.41, 5.74) is 3.61. The van der Waals surface area contributed by atoms with Gasteiger partial charge in [0.1, 0.15) is 12.4 Å². The maximum absolute atomic E-state index is 12.7. The van der Waals surface area contributed by atoms with Gasteiger partial charge in [-0.25, -0.2) is 0 Å². The van der Waals surface area contributed by atoms with Crippen molar-refractivity contribution in [3.05, 3.63) is 58.9 Å². The number of benzene rings is 1. The van der Waals surface area contributed by atoms with Crippen LogP contribution in [0.25, 0.3) is 0 Å². The van der Waals surface area contributed by atoms with Gasteiger partial charge in [-0.3, -0.25) is 9.78 Å². The molecule has 0 radical (unpaired) electrons. The smallest absolute Gasteiger partial charge is 0.251 e. The standard InChI is InChI=1S/C23H30N2O3/c1-16-12-20(23(26)25-18(3)8-9-21-7-5-11-27-21)13-17(2)22(16)28-15-19-6-4-10-24-14-19/h4,6,10,12-14,18,21H,5,7-9,11,15H2,1-3H3,(H,25,26). The molecular weight excluding hydrogens is 352 g/mol. The highest BCUT2D eigenvalue weighted by Gasteiger charge is 2.18. The highest BCUT2D eigenvalue weighted by Crippen LogP contribution is 2.26. The molecule has 3 rings (SSSR count). The minimum absolute atomic E-state index is 0.0372. The lowest BCUT2D eigenvalue weighted by molar-refractivity contribution is 0.0899. The number of hydrogen-bond donors (Lipinski definition) is 1. The molecule has 2 unspecified atom stereocenters. The molecule has 1 fully saturated rings. The molecule has 150 valence electrons. The first-order valence-corrected chi connectivity index (χ1v) is 10.1. The van der Waals surface area contributed by atoms with Gasteiger partial charge < -0.3 is 14.8 Å². The van der Waals surface area contributed by atoms with Gasteiger partial charge in [-0.2, -0.15) is 0 Å². The average Bonchev–Trinajstić information content (AvgIpc) is 3.20. The van der Waals surface area contributed by atoms with Gasteiger partial charge in [0.15, 0.2) is 0 Å². The number of amides is 1. The summed E-state index contributed by atoms with van der Waals surface area (Å²) in [5.74, 6) is 0.789. The van der Waals surface area contributed by atoms with Crippen molar-refractivity contribution in [1.82, 2.24) is 10.3 Å². The molecule has 1 aromatic heterocycles. The van der Waals surface area contributed by atoms with E-state index in [1.165, 1.54) is 0 Å². The van der Waals surface area contributed by atoms with E-state index in [0.717, 1.165) is 54.7 Å². The third-order valence-electron chi connectivity index (χ3n) is 5.15. The molecule has 2 aromatic rings. The van der Waals surface area contributed by atoms with Crippen LogP contribution in [0.2, 0.25) is 0 Å². The Bertz CT molecular complexity index is 763. The van der Waals surface area contributed by atoms with E-state index in [1.807, 2.05) is 38.1 Å². The van der Waals surface area contributed by atoms with Gasteiger partial charge in [0.2, 0.25) is 0 Å². The van der Waals surface area contributed by atoms with E-state index in [4.69, 9.17) is 9.47 Å². The summed E-state index contributed by atoms with van der Waals surface area (Å²) in [6.07, 6.45) is 8.12. The Kier molecular flexibility index (Phi) is 7.04. The lowest BCUT2D eigenvalue weighted by atomic mass is 10.0. The first-order valence-electron chi connectivity index (χ1n) is 10.1. The Morgan fingerprint density at radius 1 is 1.36 bits per heavy atom. The van der Waals surface area contributed by atoms with Crippen molar-refractivity contribution in [3.63, 3.8) is 0 Å². The van der Waals surface area contributed by atoms with Crippen molar-refractivity contribution in [1.29, 1.82) is 0 Å². The van der Waals surface area contributed by atoms with Crippen molar-refractivity contribution in [3.8, 4) is 5.75 Å². The number of nitrogens with one attached hydrogen (secondary N) is 1. The van der Waals surface area contributed by atoms with Crippen LogP contribution in [0.1, 0.15) is 59.7 Å². The molecule has 1 saturated heterocycles. The number of rotatable bonds is 8. The summed E-state index contributed by atoms with van der Waals surface area (Å²) in [4.78, 5) is 16.8. The van der Waals surface area contributed by atoms with Crippen LogP contribution in [-0.4, -0.2) is 29.6 Å². The van der Waals surface area contributed by atoms with Gasteiger partial charge in [0, 0.05) is 36.2 Å². The van der Waals surface area contributed by atoms with Crippen LogP contribution in [0.5, 0.6) is 5.75 Å². The summed E-state index contributed by atoms with van der Waals surface area (Å²) in [7, 11) is 0. The number of ether oxygens (including phenoxy) is 2. The van der Waals surface area contributed by atoms with E-state index < -0.39 is 0 Å². The van der Waals surface area contributed by atoms with E-state index in [-0.39, 0.29) is 11.9 Å². The van der Waals surface area contributed by atoms with Crippen molar-refractivity contribution in [2.45, 2.75) is 65.2 Å². The van der Waals surface area contributed by atoms with Gasteiger partial charge in [0.25, 0.3) is 5.91 Å². The van der Waals surface area contributed by atoms with Crippen molar-refractivity contribution < 1.29 is 14.3 Å². The molecule has 0 saturated carbocycles. The lowest BCUT2D eigenvalue weighted by Gasteiger charge is -2.18. The third kappa shape index (κ3) is 5.55. The molecule has 1 aliphatic rings. The fraction of sp³-hybridized carbons (Fsp3) is 0.478. The van der Waals surface area contributed by atoms with E-state index in [0.29, 0.717) is 18.3 Å². The number of aryl methyl sites for hydroxylation is 2. The Hall–Kier alpha value is -2.40. The zero-order valence-electron chi connectivity index (χ0n) is 17.0. The van der Waals surface area contributed by atoms with Crippen LogP contribution in [0, 0.1) is 13.8 Å². The molecule has 0 bridgehead atoms. The number of nitrogens with zero attached hydrogens (tertiary/aromatic N) is 1. The second-order valence-electron chi connectivity index (χ2n) is 7.68. The first kappa shape index (κ1) is 20.3. The van der Waals surface area contributed by atoms with Gasteiger partial charge in [0.05, 0.1) is 6.10 Å². The first-order chi connectivity index (χ1) is 13.5. The van der Waals surface area contributed by atoms with Crippen molar-refractivity contribution in [2.24, 2.45) is 0 Å². The topological polar surface area (TPSA) is 60.5 Å². The molecule has 1 amide bonds. The molecule has 5 nitrogen and oxygen atoms in total. The second-order valence-corrected chi connectivity index (χ2v) is 7.68. The molecule has 5 heteroatoms. The molecule has 1 aliphatic heterocycles. The highest BCUT2D eigenvalue weighted by atomic mass is 16.5. The predicted molar refractivity (Wildman–Crippen MR) is 110 cm³/mol. The maximum atomic E-state index is 12.7. The van der Waals surface area contributed by atoms with Crippen LogP contribution in [0.4, 0.5) is 0 Å². The van der Waals surface area contributed by atoms with Crippen LogP contribution >= 0.6 is 0 Å². The molecule has 28 heavy (non-hydrogen) atoms. The number of pyridine rings is 1. The number of carbonyl (C=O) groups is 1. The zero-order chi connectivity index (χ0) is 19.9. The van der Waals surface area contributed by atoms with E-state index in [2.05, 4.69) is 17.2 Å². The largest absolute Gasteiger partial charge is 0.488 e. The Morgan fingerprint density at radius 3 is 2.79 bits per heavy atom. The van der Waals surface area contributed by atoms with Crippen molar-refractivity contribution in [2.75, 3.05) is 6.61 Å². The monoisotopic (exact) mass is 382 g/mol. The predicted octanol–water partition coefficient (Wildman–Crippen LogP) is 4.35. The number of aromatic nitrogens is 1. The fourth-order valence-corrected chi connectivity index (χ4v) is 3.64. The van der Waals surface area contributed by atoms with Gasteiger partial charge in [-0.1, -0.05) is 6.07 Å². The van der Waals surface area contributed by atoms with E-state index >= 15 is 0 Å². The molecule has 1 aromatic carbocycles. The Balaban J connectivity index is 1.56. The van der Waals surface area contributed by atoms with Crippen LogP contribution < -0.4 is 10.1 Å². The van der Waals surface area contributed by atoms with Gasteiger partial charge in [-0.15, -0.1) is 0 Å². The second kappa shape index (κ2) is 9.69. The third-order valence-corrected chi connectivity index (χ3v) is 5.15. The van der Waals surface area contributed by atoms with Gasteiger partial charge >= 0.3 is 0 Å². The number of carbonyl (C=O) groups excluding carboxylic acids is 1. The molecule has 2 atom stereocenters. The molecular formula is C23H30N2O3. The molecule has 1 N–H and O–H groups in total. The highest BCUT2D eigenvalue weighted by molar-refractivity contribution is 5.95. The van der Waals surface area contributed by atoms with Crippen LogP contribution in [0.3, 0.4) is 0 Å². The zero-order valence-corrected chi connectivity index (χ0v) is 17.0. The summed E-state index contributed by atoms with van der Waals surface area (Å²) in [6, 6.07) is 7.80.